The summed E-state index contributed by atoms with van der Waals surface area (Å²) in [5, 5.41) is 16.3. The highest BCUT2D eigenvalue weighted by Crippen LogP contribution is 2.38. The summed E-state index contributed by atoms with van der Waals surface area (Å²) < 4.78 is 5.26. The predicted octanol–water partition coefficient (Wildman–Crippen LogP) is 5.40. The van der Waals surface area contributed by atoms with E-state index in [0.29, 0.717) is 33.1 Å². The number of ether oxygens (including phenoxy) is 1. The molecule has 3 aromatic carbocycles. The molecule has 0 unspecified atom stereocenters. The van der Waals surface area contributed by atoms with Gasteiger partial charge in [0.05, 0.1) is 30.8 Å². The van der Waals surface area contributed by atoms with Gasteiger partial charge in [-0.25, -0.2) is 5.01 Å². The first-order chi connectivity index (χ1) is 18.4. The van der Waals surface area contributed by atoms with Crippen LogP contribution in [0.5, 0.6) is 5.75 Å². The van der Waals surface area contributed by atoms with E-state index in [-0.39, 0.29) is 24.8 Å². The van der Waals surface area contributed by atoms with Crippen LogP contribution in [-0.2, 0) is 9.59 Å². The summed E-state index contributed by atoms with van der Waals surface area (Å²) in [6.45, 7) is 0. The number of hydrazone groups is 1. The number of rotatable bonds is 7. The number of halogens is 1. The zero-order valence-electron chi connectivity index (χ0n) is 20.5. The molecule has 0 saturated heterocycles. The Kier molecular flexibility index (Phi) is 6.98. The lowest BCUT2D eigenvalue weighted by molar-refractivity contribution is -0.141. The molecule has 0 fully saturated rings. The van der Waals surface area contributed by atoms with Crippen molar-refractivity contribution in [3.8, 4) is 16.9 Å². The Hall–Kier alpha value is -4.43. The topological polar surface area (TPSA) is 112 Å². The van der Waals surface area contributed by atoms with Gasteiger partial charge in [0.1, 0.15) is 5.75 Å². The minimum atomic E-state index is -1.07. The lowest BCUT2D eigenvalue weighted by Crippen LogP contribution is -2.27. The van der Waals surface area contributed by atoms with Crippen molar-refractivity contribution in [2.45, 2.75) is 25.3 Å². The smallest absolute Gasteiger partial charge is 0.303 e. The minimum Gasteiger partial charge on any atom is -0.497 e. The third-order valence-corrected chi connectivity index (χ3v) is 6.78. The number of carboxylic acid groups (broad SMARTS) is 1. The molecule has 4 aromatic rings. The molecule has 1 amide bonds. The predicted molar refractivity (Wildman–Crippen MR) is 146 cm³/mol. The SMILES string of the molecule is COc1ccc([C@H]2CC(c3c(-c4ccccc4)c4cc(Cl)ccc4[nH]c3=O)=NN2C(=O)CCC(=O)O)cc1. The van der Waals surface area contributed by atoms with E-state index in [2.05, 4.69) is 10.1 Å². The van der Waals surface area contributed by atoms with E-state index in [1.807, 2.05) is 42.5 Å². The van der Waals surface area contributed by atoms with Gasteiger partial charge in [-0.2, -0.15) is 5.10 Å². The van der Waals surface area contributed by atoms with Gasteiger partial charge in [0, 0.05) is 34.3 Å². The van der Waals surface area contributed by atoms with Crippen LogP contribution in [0, 0.1) is 0 Å². The number of carboxylic acids is 1. The van der Waals surface area contributed by atoms with Crippen LogP contribution in [0.3, 0.4) is 0 Å². The number of carbonyl (C=O) groups is 2. The first-order valence-electron chi connectivity index (χ1n) is 12.0. The minimum absolute atomic E-state index is 0.214. The molecule has 2 heterocycles. The molecule has 192 valence electrons. The number of pyridine rings is 1. The molecular formula is C29H24ClN3O5. The van der Waals surface area contributed by atoms with E-state index in [1.165, 1.54) is 5.01 Å². The second-order valence-electron chi connectivity index (χ2n) is 8.93. The highest BCUT2D eigenvalue weighted by atomic mass is 35.5. The van der Waals surface area contributed by atoms with Crippen LogP contribution >= 0.6 is 11.6 Å². The number of nitrogens with one attached hydrogen (secondary N) is 1. The van der Waals surface area contributed by atoms with Gasteiger partial charge in [0.25, 0.3) is 5.56 Å². The molecule has 0 bridgehead atoms. The number of nitrogens with zero attached hydrogens (tertiary/aromatic N) is 2. The highest BCUT2D eigenvalue weighted by Gasteiger charge is 2.35. The van der Waals surface area contributed by atoms with Gasteiger partial charge in [-0.05, 0) is 41.5 Å². The van der Waals surface area contributed by atoms with Crippen LogP contribution < -0.4 is 10.3 Å². The third-order valence-electron chi connectivity index (χ3n) is 6.55. The average molecular weight is 530 g/mol. The van der Waals surface area contributed by atoms with Crippen molar-refractivity contribution in [1.29, 1.82) is 0 Å². The van der Waals surface area contributed by atoms with Crippen molar-refractivity contribution in [1.82, 2.24) is 9.99 Å². The Morgan fingerprint density at radius 3 is 2.47 bits per heavy atom. The van der Waals surface area contributed by atoms with Crippen LogP contribution in [-0.4, -0.2) is 39.8 Å². The first kappa shape index (κ1) is 25.2. The molecule has 5 rings (SSSR count). The third kappa shape index (κ3) is 4.90. The van der Waals surface area contributed by atoms with Crippen molar-refractivity contribution in [2.24, 2.45) is 5.10 Å². The lowest BCUT2D eigenvalue weighted by Gasteiger charge is -2.22. The maximum atomic E-state index is 13.6. The summed E-state index contributed by atoms with van der Waals surface area (Å²) in [7, 11) is 1.57. The second kappa shape index (κ2) is 10.5. The number of aromatic nitrogens is 1. The number of aliphatic carboxylic acids is 1. The summed E-state index contributed by atoms with van der Waals surface area (Å²) in [5.74, 6) is -0.854. The number of carbonyl (C=O) groups excluding carboxylic acids is 1. The van der Waals surface area contributed by atoms with E-state index in [1.54, 1.807) is 37.4 Å². The fourth-order valence-corrected chi connectivity index (χ4v) is 4.92. The Morgan fingerprint density at radius 1 is 1.05 bits per heavy atom. The monoisotopic (exact) mass is 529 g/mol. The highest BCUT2D eigenvalue weighted by molar-refractivity contribution is 6.31. The normalized spacial score (nSPS) is 14.9. The molecule has 1 atom stereocenters. The molecule has 1 aliphatic rings. The first-order valence-corrected chi connectivity index (χ1v) is 12.4. The summed E-state index contributed by atoms with van der Waals surface area (Å²) in [6, 6.07) is 21.5. The van der Waals surface area contributed by atoms with Crippen LogP contribution in [0.25, 0.3) is 22.0 Å². The Balaban J connectivity index is 1.68. The number of methoxy groups -OCH3 is 1. The summed E-state index contributed by atoms with van der Waals surface area (Å²) in [4.78, 5) is 40.8. The van der Waals surface area contributed by atoms with Crippen LogP contribution in [0.4, 0.5) is 0 Å². The van der Waals surface area contributed by atoms with Crippen LogP contribution in [0.1, 0.15) is 36.4 Å². The molecule has 8 nitrogen and oxygen atoms in total. The number of amides is 1. The van der Waals surface area contributed by atoms with Gasteiger partial charge in [0.15, 0.2) is 0 Å². The largest absolute Gasteiger partial charge is 0.497 e. The molecule has 0 saturated carbocycles. The van der Waals surface area contributed by atoms with Gasteiger partial charge >= 0.3 is 5.97 Å². The Morgan fingerprint density at radius 2 is 1.79 bits per heavy atom. The van der Waals surface area contributed by atoms with E-state index in [0.717, 1.165) is 16.5 Å². The Labute approximate surface area is 223 Å². The molecule has 0 radical (unpaired) electrons. The standard InChI is InChI=1S/C29H24ClN3O5/c1-38-20-10-7-17(8-11-20)24-16-23(32-33(24)25(34)13-14-26(35)36)28-27(18-5-3-2-4-6-18)21-15-19(30)9-12-22(21)31-29(28)37/h2-12,15,24H,13-14,16H2,1H3,(H,31,37)(H,35,36)/t24-/m1/s1. The molecule has 38 heavy (non-hydrogen) atoms. The van der Waals surface area contributed by atoms with E-state index in [4.69, 9.17) is 21.4 Å². The van der Waals surface area contributed by atoms with E-state index >= 15 is 0 Å². The Bertz CT molecular complexity index is 1610. The molecule has 1 aromatic heterocycles. The quantitative estimate of drug-likeness (QED) is 0.333. The van der Waals surface area contributed by atoms with Crippen molar-refractivity contribution >= 4 is 40.1 Å². The fourth-order valence-electron chi connectivity index (χ4n) is 4.75. The lowest BCUT2D eigenvalue weighted by atomic mass is 9.91. The number of fused-ring (bicyclic) bond motifs is 1. The molecule has 2 N–H and O–H groups in total. The van der Waals surface area contributed by atoms with E-state index < -0.39 is 17.9 Å². The summed E-state index contributed by atoms with van der Waals surface area (Å²) in [6.07, 6.45) is -0.270. The number of hydrogen-bond acceptors (Lipinski definition) is 5. The molecule has 1 aliphatic heterocycles. The molecule has 9 heteroatoms. The fraction of sp³-hybridized carbons (Fsp3) is 0.172. The molecule has 0 spiro atoms. The zero-order valence-corrected chi connectivity index (χ0v) is 21.2. The number of H-pyrrole nitrogens is 1. The van der Waals surface area contributed by atoms with E-state index in [9.17, 15) is 14.4 Å². The van der Waals surface area contributed by atoms with Crippen LogP contribution in [0.15, 0.2) is 82.7 Å². The van der Waals surface area contributed by atoms with Crippen molar-refractivity contribution < 1.29 is 19.4 Å². The van der Waals surface area contributed by atoms with Gasteiger partial charge in [-0.3, -0.25) is 14.4 Å². The number of hydrogen-bond donors (Lipinski definition) is 2. The summed E-state index contributed by atoms with van der Waals surface area (Å²) >= 11 is 6.35. The zero-order chi connectivity index (χ0) is 26.8. The van der Waals surface area contributed by atoms with Gasteiger partial charge in [0.2, 0.25) is 5.91 Å². The van der Waals surface area contributed by atoms with Gasteiger partial charge < -0.3 is 14.8 Å². The molecular weight excluding hydrogens is 506 g/mol. The number of benzene rings is 3. The average Bonchev–Trinajstić information content (AvgIpc) is 3.37. The van der Waals surface area contributed by atoms with Crippen LogP contribution in [0.2, 0.25) is 5.02 Å². The molecule has 0 aliphatic carbocycles. The van der Waals surface area contributed by atoms with Crippen molar-refractivity contribution in [2.75, 3.05) is 7.11 Å². The van der Waals surface area contributed by atoms with Crippen molar-refractivity contribution in [3.05, 3.63) is 99.3 Å². The maximum Gasteiger partial charge on any atom is 0.303 e. The second-order valence-corrected chi connectivity index (χ2v) is 9.37. The van der Waals surface area contributed by atoms with Gasteiger partial charge in [-0.15, -0.1) is 0 Å². The summed E-state index contributed by atoms with van der Waals surface area (Å²) in [5.41, 5.74) is 3.32. The van der Waals surface area contributed by atoms with Crippen molar-refractivity contribution in [3.63, 3.8) is 0 Å². The number of aromatic amines is 1. The maximum absolute atomic E-state index is 13.6. The van der Waals surface area contributed by atoms with Gasteiger partial charge in [-0.1, -0.05) is 54.1 Å².